The molecular weight excluding hydrogens is 518 g/mol. The van der Waals surface area contributed by atoms with Crippen molar-refractivity contribution in [1.82, 2.24) is 4.90 Å². The second kappa shape index (κ2) is 8.19. The Balaban J connectivity index is 1.30. The van der Waals surface area contributed by atoms with Gasteiger partial charge in [-0.2, -0.15) is 0 Å². The Morgan fingerprint density at radius 3 is 2.20 bits per heavy atom. The molecule has 3 fully saturated rings. The molecule has 2 aliphatic carbocycles. The maximum Gasteiger partial charge on any atom is 0.308 e. The van der Waals surface area contributed by atoms with E-state index in [1.807, 2.05) is 19.9 Å². The van der Waals surface area contributed by atoms with Gasteiger partial charge in [-0.3, -0.25) is 24.1 Å². The van der Waals surface area contributed by atoms with Crippen LogP contribution in [0.3, 0.4) is 0 Å². The van der Waals surface area contributed by atoms with Crippen LogP contribution in [0.5, 0.6) is 0 Å². The summed E-state index contributed by atoms with van der Waals surface area (Å²) in [6.45, 7) is 3.52. The summed E-state index contributed by atoms with van der Waals surface area (Å²) < 4.78 is 5.09. The van der Waals surface area contributed by atoms with Crippen molar-refractivity contribution < 1.29 is 23.9 Å². The highest BCUT2D eigenvalue weighted by molar-refractivity contribution is 9.12. The van der Waals surface area contributed by atoms with Crippen molar-refractivity contribution in [3.8, 4) is 0 Å². The molecule has 0 radical (unpaired) electrons. The molecule has 0 unspecified atom stereocenters. The number of aryl methyl sites for hydroxylation is 2. The number of fused-ring (bicyclic) bond motifs is 5. The van der Waals surface area contributed by atoms with Gasteiger partial charge in [0.25, 0.3) is 0 Å². The number of halogens is 2. The summed E-state index contributed by atoms with van der Waals surface area (Å²) in [5.41, 5.74) is 2.57. The highest BCUT2D eigenvalue weighted by Crippen LogP contribution is 2.60. The Kier molecular flexibility index (Phi) is 5.92. The maximum absolute atomic E-state index is 12.8. The molecule has 1 aromatic carbocycles. The highest BCUT2D eigenvalue weighted by Gasteiger charge is 2.66. The maximum atomic E-state index is 12.8. The number of benzene rings is 1. The molecule has 1 aliphatic heterocycles. The lowest BCUT2D eigenvalue weighted by molar-refractivity contribution is -0.145. The van der Waals surface area contributed by atoms with Crippen LogP contribution in [0.15, 0.2) is 18.2 Å². The molecule has 6 nitrogen and oxygen atoms in total. The number of nitrogens with zero attached hydrogens (tertiary/aromatic N) is 1. The van der Waals surface area contributed by atoms with Crippen molar-refractivity contribution in [1.29, 1.82) is 0 Å². The molecule has 2 amide bonds. The van der Waals surface area contributed by atoms with E-state index in [4.69, 9.17) is 4.74 Å². The van der Waals surface area contributed by atoms with Crippen molar-refractivity contribution in [2.24, 2.45) is 23.7 Å². The molecule has 2 saturated carbocycles. The Bertz CT molecular complexity index is 900. The molecule has 1 aromatic rings. The first-order chi connectivity index (χ1) is 14.2. The van der Waals surface area contributed by atoms with Gasteiger partial charge < -0.3 is 4.74 Å². The quantitative estimate of drug-likeness (QED) is 0.239. The monoisotopic (exact) mass is 539 g/mol. The van der Waals surface area contributed by atoms with Gasteiger partial charge in [0.1, 0.15) is 0 Å². The summed E-state index contributed by atoms with van der Waals surface area (Å²) in [6.07, 6.45) is 0.761. The van der Waals surface area contributed by atoms with E-state index >= 15 is 0 Å². The fourth-order valence-corrected chi connectivity index (χ4v) is 6.92. The smallest absolute Gasteiger partial charge is 0.308 e. The Labute approximate surface area is 192 Å². The summed E-state index contributed by atoms with van der Waals surface area (Å²) in [4.78, 5) is 51.6. The van der Waals surface area contributed by atoms with Crippen LogP contribution in [-0.4, -0.2) is 51.3 Å². The van der Waals surface area contributed by atoms with Gasteiger partial charge in [0, 0.05) is 21.8 Å². The number of carbonyl (C=O) groups excluding carboxylic acids is 4. The third kappa shape index (κ3) is 3.55. The van der Waals surface area contributed by atoms with Gasteiger partial charge in [-0.05, 0) is 49.3 Å². The van der Waals surface area contributed by atoms with Gasteiger partial charge in [-0.1, -0.05) is 44.0 Å². The lowest BCUT2D eigenvalue weighted by Gasteiger charge is -2.28. The van der Waals surface area contributed by atoms with Crippen LogP contribution >= 0.6 is 31.9 Å². The van der Waals surface area contributed by atoms with E-state index in [9.17, 15) is 19.2 Å². The second-order valence-corrected chi connectivity index (χ2v) is 10.6. The van der Waals surface area contributed by atoms with Crippen molar-refractivity contribution in [2.45, 2.75) is 36.3 Å². The first kappa shape index (κ1) is 21.7. The lowest BCUT2D eigenvalue weighted by Crippen LogP contribution is -2.37. The average molecular weight is 541 g/mol. The van der Waals surface area contributed by atoms with Gasteiger partial charge in [-0.15, -0.1) is 0 Å². The molecule has 0 aromatic heterocycles. The van der Waals surface area contributed by atoms with Gasteiger partial charge in [-0.25, -0.2) is 0 Å². The van der Waals surface area contributed by atoms with Gasteiger partial charge in [0.15, 0.2) is 12.4 Å². The van der Waals surface area contributed by atoms with Gasteiger partial charge >= 0.3 is 5.97 Å². The van der Waals surface area contributed by atoms with Crippen molar-refractivity contribution in [2.75, 3.05) is 13.2 Å². The Morgan fingerprint density at radius 1 is 1.03 bits per heavy atom. The molecule has 160 valence electrons. The number of esters is 1. The fraction of sp³-hybridized carbons (Fsp3) is 0.545. The zero-order valence-corrected chi connectivity index (χ0v) is 19.9. The zero-order valence-electron chi connectivity index (χ0n) is 16.8. The van der Waals surface area contributed by atoms with E-state index in [-0.39, 0.29) is 70.5 Å². The van der Waals surface area contributed by atoms with Crippen molar-refractivity contribution >= 4 is 55.4 Å². The summed E-state index contributed by atoms with van der Waals surface area (Å²) in [7, 11) is 0. The van der Waals surface area contributed by atoms with E-state index in [1.54, 1.807) is 12.1 Å². The summed E-state index contributed by atoms with van der Waals surface area (Å²) in [5.74, 6) is -1.52. The SMILES string of the molecule is Cc1ccc(C(=O)COC(=O)CCN2C(=O)[C@@H]3[C@@H]4C[C@H]([C@H](Br)[C@@H]4Br)[C@@H]3C2=O)cc1C. The molecule has 3 aliphatic rings. The second-order valence-electron chi connectivity index (χ2n) is 8.46. The molecule has 0 N–H and O–H groups in total. The molecule has 30 heavy (non-hydrogen) atoms. The molecule has 0 spiro atoms. The minimum absolute atomic E-state index is 0.000670. The molecule has 4 rings (SSSR count). The van der Waals surface area contributed by atoms with Crippen LogP contribution in [0, 0.1) is 37.5 Å². The summed E-state index contributed by atoms with van der Waals surface area (Å²) in [6, 6.07) is 5.34. The van der Waals surface area contributed by atoms with E-state index in [1.165, 1.54) is 4.90 Å². The van der Waals surface area contributed by atoms with Crippen LogP contribution < -0.4 is 0 Å². The molecule has 1 heterocycles. The number of likely N-dealkylation sites (tertiary alicyclic amines) is 1. The zero-order chi connectivity index (χ0) is 21.7. The normalized spacial score (nSPS) is 31.9. The first-order valence-electron chi connectivity index (χ1n) is 10.1. The number of hydrogen-bond acceptors (Lipinski definition) is 5. The van der Waals surface area contributed by atoms with E-state index in [0.29, 0.717) is 5.56 Å². The number of amides is 2. The van der Waals surface area contributed by atoms with Crippen molar-refractivity contribution in [3.63, 3.8) is 0 Å². The first-order valence-corrected chi connectivity index (χ1v) is 11.9. The van der Waals surface area contributed by atoms with Crippen LogP contribution in [0.4, 0.5) is 0 Å². The van der Waals surface area contributed by atoms with Gasteiger partial charge in [0.2, 0.25) is 11.8 Å². The predicted molar refractivity (Wildman–Crippen MR) is 117 cm³/mol. The summed E-state index contributed by atoms with van der Waals surface area (Å²) >= 11 is 7.31. The number of ketones is 1. The number of ether oxygens (including phenoxy) is 1. The topological polar surface area (TPSA) is 80.8 Å². The molecule has 8 heteroatoms. The minimum atomic E-state index is -0.593. The van der Waals surface area contributed by atoms with Crippen molar-refractivity contribution in [3.05, 3.63) is 34.9 Å². The van der Waals surface area contributed by atoms with E-state index in [2.05, 4.69) is 31.9 Å². The predicted octanol–water partition coefficient (Wildman–Crippen LogP) is 3.20. The number of Topliss-reactive ketones (excluding diaryl/α,β-unsaturated/α-hetero) is 1. The largest absolute Gasteiger partial charge is 0.457 e. The van der Waals surface area contributed by atoms with Crippen LogP contribution in [0.25, 0.3) is 0 Å². The third-order valence-corrected chi connectivity index (χ3v) is 10.0. The minimum Gasteiger partial charge on any atom is -0.457 e. The van der Waals surface area contributed by atoms with E-state index in [0.717, 1.165) is 17.5 Å². The number of imide groups is 1. The Hall–Kier alpha value is -1.54. The number of carbonyl (C=O) groups is 4. The Morgan fingerprint density at radius 2 is 1.63 bits per heavy atom. The highest BCUT2D eigenvalue weighted by atomic mass is 79.9. The standard InChI is InChI=1S/C22H23Br2NO5/c1-10-3-4-12(7-11(10)2)15(26)9-30-16(27)5-6-25-21(28)17-13-8-14(18(17)22(25)29)20(24)19(13)23/h3-4,7,13-14,17-20H,5-6,8-9H2,1-2H3/t13-,14-,17-,18+,19-,20+/m0/s1. The third-order valence-electron chi connectivity index (χ3n) is 6.81. The van der Waals surface area contributed by atoms with E-state index < -0.39 is 5.97 Å². The van der Waals surface area contributed by atoms with Gasteiger partial charge in [0.05, 0.1) is 18.3 Å². The van der Waals surface area contributed by atoms with Crippen LogP contribution in [0.2, 0.25) is 0 Å². The lowest BCUT2D eigenvalue weighted by atomic mass is 9.81. The number of alkyl halides is 2. The molecule has 1 saturated heterocycles. The molecular formula is C22H23Br2NO5. The van der Waals surface area contributed by atoms with Crippen LogP contribution in [-0.2, 0) is 19.1 Å². The molecule has 6 atom stereocenters. The summed E-state index contributed by atoms with van der Waals surface area (Å²) in [5, 5.41) is 0. The number of rotatable bonds is 6. The fourth-order valence-electron chi connectivity index (χ4n) is 5.05. The number of hydrogen-bond donors (Lipinski definition) is 0. The van der Waals surface area contributed by atoms with Crippen LogP contribution in [0.1, 0.15) is 34.3 Å². The average Bonchev–Trinajstić information content (AvgIpc) is 3.32. The molecule has 2 bridgehead atoms.